The van der Waals surface area contributed by atoms with E-state index in [4.69, 9.17) is 0 Å². The molecule has 5 nitrogen and oxygen atoms in total. The number of aromatic amines is 1. The normalized spacial score (nSPS) is 16.7. The molecule has 0 saturated heterocycles. The lowest BCUT2D eigenvalue weighted by Crippen LogP contribution is -2.30. The molecule has 3 rings (SSSR count). The molecule has 0 unspecified atom stereocenters. The smallest absolute Gasteiger partial charge is 0.307 e. The zero-order valence-electron chi connectivity index (χ0n) is 11.8. The van der Waals surface area contributed by atoms with Gasteiger partial charge in [-0.1, -0.05) is 24.3 Å². The Morgan fingerprint density at radius 2 is 1.91 bits per heavy atom. The summed E-state index contributed by atoms with van der Waals surface area (Å²) in [5, 5.41) is 17.0. The molecule has 1 heterocycles. The van der Waals surface area contributed by atoms with Crippen molar-refractivity contribution in [2.75, 3.05) is 6.54 Å². The Kier molecular flexibility index (Phi) is 3.86. The second kappa shape index (κ2) is 5.68. The third kappa shape index (κ3) is 3.44. The van der Waals surface area contributed by atoms with Crippen molar-refractivity contribution in [3.05, 3.63) is 29.8 Å². The minimum atomic E-state index is -4.08. The van der Waals surface area contributed by atoms with Crippen LogP contribution >= 0.6 is 0 Å². The molecule has 0 radical (unpaired) electrons. The number of halogens is 3. The molecular formula is C14H16F3N5. The van der Waals surface area contributed by atoms with Crippen LogP contribution in [0.2, 0.25) is 0 Å². The Labute approximate surface area is 125 Å². The van der Waals surface area contributed by atoms with Crippen LogP contribution in [0.15, 0.2) is 24.3 Å². The molecule has 22 heavy (non-hydrogen) atoms. The Morgan fingerprint density at radius 1 is 1.18 bits per heavy atom. The molecule has 1 aromatic heterocycles. The first-order valence-electron chi connectivity index (χ1n) is 7.15. The van der Waals surface area contributed by atoms with E-state index in [1.165, 1.54) is 0 Å². The van der Waals surface area contributed by atoms with Gasteiger partial charge in [-0.15, -0.1) is 10.2 Å². The van der Waals surface area contributed by atoms with E-state index >= 15 is 0 Å². The zero-order chi connectivity index (χ0) is 15.6. The summed E-state index contributed by atoms with van der Waals surface area (Å²) in [6, 6.07) is 7.74. The van der Waals surface area contributed by atoms with Gasteiger partial charge in [0.2, 0.25) is 5.82 Å². The summed E-state index contributed by atoms with van der Waals surface area (Å²) in [5.41, 5.74) is 1.78. The number of tetrazole rings is 1. The molecule has 8 heteroatoms. The average molecular weight is 311 g/mol. The van der Waals surface area contributed by atoms with Gasteiger partial charge in [0.05, 0.1) is 0 Å². The van der Waals surface area contributed by atoms with E-state index in [2.05, 4.69) is 25.9 Å². The highest BCUT2D eigenvalue weighted by Gasteiger charge is 2.43. The minimum absolute atomic E-state index is 0.103. The molecule has 0 atom stereocenters. The predicted octanol–water partition coefficient (Wildman–Crippen LogP) is 2.79. The van der Waals surface area contributed by atoms with Crippen molar-refractivity contribution in [1.82, 2.24) is 25.9 Å². The van der Waals surface area contributed by atoms with Crippen LogP contribution in [0, 0.1) is 0 Å². The number of aromatic nitrogens is 4. The van der Waals surface area contributed by atoms with Crippen LogP contribution in [0.4, 0.5) is 13.2 Å². The molecule has 0 amide bonds. The second-order valence-corrected chi connectivity index (χ2v) is 5.54. The first-order chi connectivity index (χ1) is 10.5. The summed E-state index contributed by atoms with van der Waals surface area (Å²) in [6.07, 6.45) is -2.83. The van der Waals surface area contributed by atoms with Gasteiger partial charge in [0.15, 0.2) is 0 Å². The van der Waals surface area contributed by atoms with Crippen molar-refractivity contribution in [3.8, 4) is 11.4 Å². The van der Waals surface area contributed by atoms with Crippen molar-refractivity contribution >= 4 is 0 Å². The van der Waals surface area contributed by atoms with Crippen molar-refractivity contribution < 1.29 is 13.2 Å². The number of nitrogens with zero attached hydrogens (tertiary/aromatic N) is 3. The van der Waals surface area contributed by atoms with Crippen LogP contribution in [0.3, 0.4) is 0 Å². The summed E-state index contributed by atoms with van der Waals surface area (Å²) < 4.78 is 36.4. The number of H-pyrrole nitrogens is 1. The molecule has 0 bridgehead atoms. The van der Waals surface area contributed by atoms with Crippen LogP contribution in [-0.2, 0) is 5.54 Å². The number of alkyl halides is 3. The Bertz CT molecular complexity index is 602. The molecule has 1 saturated carbocycles. The lowest BCUT2D eigenvalue weighted by Gasteiger charge is -2.18. The van der Waals surface area contributed by atoms with Crippen LogP contribution in [0.1, 0.15) is 31.2 Å². The Balaban J connectivity index is 1.59. The van der Waals surface area contributed by atoms with Crippen LogP contribution in [-0.4, -0.2) is 33.3 Å². The topological polar surface area (TPSA) is 66.5 Å². The van der Waals surface area contributed by atoms with Crippen molar-refractivity contribution in [1.29, 1.82) is 0 Å². The highest BCUT2D eigenvalue weighted by atomic mass is 19.4. The Hall–Kier alpha value is -1.96. The van der Waals surface area contributed by atoms with Gasteiger partial charge in [-0.05, 0) is 36.6 Å². The van der Waals surface area contributed by atoms with Crippen LogP contribution in [0.25, 0.3) is 11.4 Å². The third-order valence-electron chi connectivity index (χ3n) is 3.89. The van der Waals surface area contributed by atoms with Gasteiger partial charge < -0.3 is 5.32 Å². The van der Waals surface area contributed by atoms with Crippen LogP contribution < -0.4 is 5.32 Å². The quantitative estimate of drug-likeness (QED) is 0.805. The first-order valence-corrected chi connectivity index (χ1v) is 7.15. The maximum atomic E-state index is 12.1. The second-order valence-electron chi connectivity index (χ2n) is 5.54. The summed E-state index contributed by atoms with van der Waals surface area (Å²) in [6.45, 7) is 0.367. The van der Waals surface area contributed by atoms with E-state index in [9.17, 15) is 13.2 Å². The minimum Gasteiger partial charge on any atom is -0.307 e. The lowest BCUT2D eigenvalue weighted by atomic mass is 10.0. The lowest BCUT2D eigenvalue weighted by molar-refractivity contribution is -0.135. The summed E-state index contributed by atoms with van der Waals surface area (Å²) in [4.78, 5) is 0. The van der Waals surface area contributed by atoms with Gasteiger partial charge in [0.1, 0.15) is 0 Å². The van der Waals surface area contributed by atoms with E-state index in [0.29, 0.717) is 12.4 Å². The van der Waals surface area contributed by atoms with Gasteiger partial charge in [0, 0.05) is 17.5 Å². The van der Waals surface area contributed by atoms with E-state index in [0.717, 1.165) is 24.0 Å². The fourth-order valence-corrected chi connectivity index (χ4v) is 2.53. The molecular weight excluding hydrogens is 295 g/mol. The number of hydrogen-bond donors (Lipinski definition) is 2. The molecule has 0 aliphatic heterocycles. The highest BCUT2D eigenvalue weighted by Crippen LogP contribution is 2.45. The predicted molar refractivity (Wildman–Crippen MR) is 73.8 cm³/mol. The molecule has 1 fully saturated rings. The zero-order valence-corrected chi connectivity index (χ0v) is 11.8. The highest BCUT2D eigenvalue weighted by molar-refractivity contribution is 5.55. The molecule has 2 N–H and O–H groups in total. The van der Waals surface area contributed by atoms with Gasteiger partial charge in [0.25, 0.3) is 0 Å². The fraction of sp³-hybridized carbons (Fsp3) is 0.500. The first kappa shape index (κ1) is 15.0. The third-order valence-corrected chi connectivity index (χ3v) is 3.89. The molecule has 1 aliphatic rings. The van der Waals surface area contributed by atoms with Crippen LogP contribution in [0.5, 0.6) is 0 Å². The van der Waals surface area contributed by atoms with Gasteiger partial charge in [-0.3, -0.25) is 0 Å². The Morgan fingerprint density at radius 3 is 2.45 bits per heavy atom. The number of hydrogen-bond acceptors (Lipinski definition) is 4. The van der Waals surface area contributed by atoms with Crippen molar-refractivity contribution in [2.24, 2.45) is 0 Å². The largest absolute Gasteiger partial charge is 0.389 e. The monoisotopic (exact) mass is 311 g/mol. The molecule has 0 spiro atoms. The van der Waals surface area contributed by atoms with Crippen molar-refractivity contribution in [3.63, 3.8) is 0 Å². The average Bonchev–Trinajstić information content (AvgIpc) is 3.07. The van der Waals surface area contributed by atoms with E-state index in [-0.39, 0.29) is 12.0 Å². The maximum Gasteiger partial charge on any atom is 0.389 e. The molecule has 1 aliphatic carbocycles. The molecule has 1 aromatic carbocycles. The SMILES string of the molecule is FC(F)(F)CCCNC1(c2ccc(-c3nn[nH]n3)cc2)CC1. The number of benzene rings is 1. The standard InChI is InChI=1S/C14H16F3N5/c15-14(16,17)6-1-9-18-13(7-8-13)11-4-2-10(3-5-11)12-19-21-22-20-12/h2-5,18H,1,6-9H2,(H,19,20,21,22). The summed E-state index contributed by atoms with van der Waals surface area (Å²) in [7, 11) is 0. The van der Waals surface area contributed by atoms with Gasteiger partial charge >= 0.3 is 6.18 Å². The fourth-order valence-electron chi connectivity index (χ4n) is 2.53. The van der Waals surface area contributed by atoms with E-state index < -0.39 is 12.6 Å². The number of nitrogens with one attached hydrogen (secondary N) is 2. The van der Waals surface area contributed by atoms with Gasteiger partial charge in [-0.25, -0.2) is 0 Å². The van der Waals surface area contributed by atoms with Gasteiger partial charge in [-0.2, -0.15) is 18.4 Å². The van der Waals surface area contributed by atoms with E-state index in [1.807, 2.05) is 24.3 Å². The molecule has 118 valence electrons. The molecule has 2 aromatic rings. The van der Waals surface area contributed by atoms with Crippen molar-refractivity contribution in [2.45, 2.75) is 37.4 Å². The maximum absolute atomic E-state index is 12.1. The summed E-state index contributed by atoms with van der Waals surface area (Å²) in [5.74, 6) is 0.523. The number of rotatable bonds is 6. The summed E-state index contributed by atoms with van der Waals surface area (Å²) >= 11 is 0. The van der Waals surface area contributed by atoms with E-state index in [1.54, 1.807) is 0 Å².